The molecule has 0 aromatic heterocycles. The van der Waals surface area contributed by atoms with Crippen LogP contribution >= 0.6 is 0 Å². The second-order valence-electron chi connectivity index (χ2n) is 8.54. The highest BCUT2D eigenvalue weighted by Crippen LogP contribution is 2.40. The number of likely N-dealkylation sites (N-methyl/N-ethyl adjacent to an activating group) is 1. The molecule has 3 aliphatic rings. The van der Waals surface area contributed by atoms with E-state index in [9.17, 15) is 13.2 Å². The van der Waals surface area contributed by atoms with Crippen LogP contribution in [0, 0.1) is 17.8 Å². The summed E-state index contributed by atoms with van der Waals surface area (Å²) in [5.74, 6) is 1.48. The number of piperidine rings is 1. The van der Waals surface area contributed by atoms with Crippen LogP contribution in [0.25, 0.3) is 0 Å². The highest BCUT2D eigenvalue weighted by atomic mass is 32.2. The highest BCUT2D eigenvalue weighted by molar-refractivity contribution is 7.89. The van der Waals surface area contributed by atoms with Gasteiger partial charge in [-0.05, 0) is 55.6 Å². The maximum Gasteiger partial charge on any atom is 0.243 e. The van der Waals surface area contributed by atoms with Crippen LogP contribution in [0.4, 0.5) is 0 Å². The zero-order chi connectivity index (χ0) is 19.7. The average molecular weight is 406 g/mol. The van der Waals surface area contributed by atoms with Crippen molar-refractivity contribution < 1.29 is 13.2 Å². The van der Waals surface area contributed by atoms with E-state index in [0.29, 0.717) is 29.8 Å². The zero-order valence-electron chi connectivity index (χ0n) is 16.6. The number of likely N-dealkylation sites (tertiary alicyclic amines) is 1. The van der Waals surface area contributed by atoms with Gasteiger partial charge >= 0.3 is 0 Å². The molecule has 6 nitrogen and oxygen atoms in total. The second-order valence-corrected chi connectivity index (χ2v) is 10.5. The van der Waals surface area contributed by atoms with Gasteiger partial charge in [-0.2, -0.15) is 4.31 Å². The molecule has 4 atom stereocenters. The molecule has 4 unspecified atom stereocenters. The fourth-order valence-electron chi connectivity index (χ4n) is 5.52. The fourth-order valence-corrected chi connectivity index (χ4v) is 7.07. The van der Waals surface area contributed by atoms with Crippen LogP contribution in [0.15, 0.2) is 35.2 Å². The van der Waals surface area contributed by atoms with Crippen LogP contribution in [-0.2, 0) is 14.8 Å². The van der Waals surface area contributed by atoms with Gasteiger partial charge < -0.3 is 5.32 Å². The monoisotopic (exact) mass is 405 g/mol. The lowest BCUT2D eigenvalue weighted by molar-refractivity contribution is -0.128. The Morgan fingerprint density at radius 2 is 1.71 bits per heavy atom. The summed E-state index contributed by atoms with van der Waals surface area (Å²) < 4.78 is 27.8. The van der Waals surface area contributed by atoms with Gasteiger partial charge in [0.25, 0.3) is 0 Å². The van der Waals surface area contributed by atoms with E-state index in [1.54, 1.807) is 35.6 Å². The van der Waals surface area contributed by atoms with Crippen molar-refractivity contribution in [2.24, 2.45) is 17.8 Å². The number of carbonyl (C=O) groups excluding carboxylic acids is 1. The SMILES string of the molecule is CNC(=O)C(C1CCCN(S(=O)(=O)c2ccccc2)C1)N1CC2CCCC2C1. The van der Waals surface area contributed by atoms with Crippen LogP contribution in [-0.4, -0.2) is 62.8 Å². The van der Waals surface area contributed by atoms with E-state index in [-0.39, 0.29) is 17.9 Å². The predicted octanol–water partition coefficient (Wildman–Crippen LogP) is 1.93. The van der Waals surface area contributed by atoms with Gasteiger partial charge in [0.15, 0.2) is 0 Å². The molecule has 3 fully saturated rings. The summed E-state index contributed by atoms with van der Waals surface area (Å²) in [5, 5.41) is 2.84. The highest BCUT2D eigenvalue weighted by Gasteiger charge is 2.45. The van der Waals surface area contributed by atoms with Crippen LogP contribution in [0.1, 0.15) is 32.1 Å². The first-order valence-electron chi connectivity index (χ1n) is 10.5. The molecule has 1 amide bonds. The molecule has 1 saturated carbocycles. The molecule has 0 spiro atoms. The number of fused-ring (bicyclic) bond motifs is 1. The van der Waals surface area contributed by atoms with Gasteiger partial charge in [0.1, 0.15) is 0 Å². The quantitative estimate of drug-likeness (QED) is 0.813. The Balaban J connectivity index is 1.53. The Hall–Kier alpha value is -1.44. The van der Waals surface area contributed by atoms with E-state index in [1.807, 2.05) is 6.07 Å². The summed E-state index contributed by atoms with van der Waals surface area (Å²) in [7, 11) is -1.83. The molecule has 1 aliphatic carbocycles. The minimum absolute atomic E-state index is 0.0314. The number of hydrogen-bond acceptors (Lipinski definition) is 4. The molecular weight excluding hydrogens is 374 g/mol. The van der Waals surface area contributed by atoms with Crippen molar-refractivity contribution in [2.45, 2.75) is 43.0 Å². The topological polar surface area (TPSA) is 69.7 Å². The molecule has 2 saturated heterocycles. The van der Waals surface area contributed by atoms with Crippen molar-refractivity contribution in [2.75, 3.05) is 33.2 Å². The molecule has 1 aromatic carbocycles. The third kappa shape index (κ3) is 3.72. The molecule has 1 N–H and O–H groups in total. The first kappa shape index (κ1) is 19.9. The van der Waals surface area contributed by atoms with Gasteiger partial charge in [-0.15, -0.1) is 0 Å². The second kappa shape index (κ2) is 8.13. The Labute approximate surface area is 168 Å². The predicted molar refractivity (Wildman–Crippen MR) is 108 cm³/mol. The summed E-state index contributed by atoms with van der Waals surface area (Å²) in [6.07, 6.45) is 5.53. The van der Waals surface area contributed by atoms with Crippen LogP contribution in [0.3, 0.4) is 0 Å². The number of sulfonamides is 1. The molecule has 154 valence electrons. The lowest BCUT2D eigenvalue weighted by Crippen LogP contribution is -2.54. The van der Waals surface area contributed by atoms with Crippen LogP contribution in [0.2, 0.25) is 0 Å². The fraction of sp³-hybridized carbons (Fsp3) is 0.667. The summed E-state index contributed by atoms with van der Waals surface area (Å²) in [6.45, 7) is 2.90. The maximum absolute atomic E-state index is 13.1. The number of nitrogens with zero attached hydrogens (tertiary/aromatic N) is 2. The van der Waals surface area contributed by atoms with Gasteiger partial charge in [-0.25, -0.2) is 8.42 Å². The van der Waals surface area contributed by atoms with Gasteiger partial charge in [-0.3, -0.25) is 9.69 Å². The summed E-state index contributed by atoms with van der Waals surface area (Å²) in [6, 6.07) is 8.40. The molecule has 0 bridgehead atoms. The summed E-state index contributed by atoms with van der Waals surface area (Å²) in [4.78, 5) is 15.5. The Kier molecular flexibility index (Phi) is 5.76. The van der Waals surface area contributed by atoms with E-state index in [2.05, 4.69) is 10.2 Å². The summed E-state index contributed by atoms with van der Waals surface area (Å²) in [5.41, 5.74) is 0. The third-order valence-electron chi connectivity index (χ3n) is 6.91. The van der Waals surface area contributed by atoms with Crippen molar-refractivity contribution in [3.05, 3.63) is 30.3 Å². The molecule has 0 radical (unpaired) electrons. The molecule has 4 rings (SSSR count). The van der Waals surface area contributed by atoms with Crippen molar-refractivity contribution >= 4 is 15.9 Å². The Morgan fingerprint density at radius 3 is 2.36 bits per heavy atom. The van der Waals surface area contributed by atoms with E-state index in [4.69, 9.17) is 0 Å². The lowest BCUT2D eigenvalue weighted by Gasteiger charge is -2.39. The van der Waals surface area contributed by atoms with Gasteiger partial charge in [0, 0.05) is 33.2 Å². The minimum atomic E-state index is -3.52. The van der Waals surface area contributed by atoms with Crippen LogP contribution < -0.4 is 5.32 Å². The van der Waals surface area contributed by atoms with Crippen molar-refractivity contribution in [3.8, 4) is 0 Å². The molecule has 28 heavy (non-hydrogen) atoms. The van der Waals surface area contributed by atoms with E-state index in [1.165, 1.54) is 19.3 Å². The average Bonchev–Trinajstić information content (AvgIpc) is 3.31. The van der Waals surface area contributed by atoms with Crippen molar-refractivity contribution in [1.82, 2.24) is 14.5 Å². The van der Waals surface area contributed by atoms with Crippen molar-refractivity contribution in [3.63, 3.8) is 0 Å². The Morgan fingerprint density at radius 1 is 1.04 bits per heavy atom. The number of carbonyl (C=O) groups is 1. The molecule has 2 aliphatic heterocycles. The van der Waals surface area contributed by atoms with E-state index in [0.717, 1.165) is 25.9 Å². The Bertz CT molecular complexity index is 786. The van der Waals surface area contributed by atoms with Crippen molar-refractivity contribution in [1.29, 1.82) is 0 Å². The van der Waals surface area contributed by atoms with Gasteiger partial charge in [-0.1, -0.05) is 24.6 Å². The molecule has 7 heteroatoms. The molecule has 2 heterocycles. The molecular formula is C21H31N3O3S. The first-order valence-corrected chi connectivity index (χ1v) is 12.0. The minimum Gasteiger partial charge on any atom is -0.358 e. The smallest absolute Gasteiger partial charge is 0.243 e. The summed E-state index contributed by atoms with van der Waals surface area (Å²) >= 11 is 0. The van der Waals surface area contributed by atoms with E-state index >= 15 is 0 Å². The number of amides is 1. The third-order valence-corrected chi connectivity index (χ3v) is 8.79. The maximum atomic E-state index is 13.1. The molecule has 1 aromatic rings. The largest absolute Gasteiger partial charge is 0.358 e. The normalized spacial score (nSPS) is 30.1. The van der Waals surface area contributed by atoms with Gasteiger partial charge in [0.05, 0.1) is 10.9 Å². The number of hydrogen-bond donors (Lipinski definition) is 1. The lowest BCUT2D eigenvalue weighted by atomic mass is 9.90. The van der Waals surface area contributed by atoms with E-state index < -0.39 is 10.0 Å². The van der Waals surface area contributed by atoms with Gasteiger partial charge in [0.2, 0.25) is 15.9 Å². The van der Waals surface area contributed by atoms with Crippen LogP contribution in [0.5, 0.6) is 0 Å². The standard InChI is InChI=1S/C21H31N3O3S/c1-22-21(25)20(23-13-16-7-5-8-17(16)14-23)18-9-6-12-24(15-18)28(26,27)19-10-3-2-4-11-19/h2-4,10-11,16-18,20H,5-9,12-15H2,1H3,(H,22,25). The number of nitrogens with one attached hydrogen (secondary N) is 1. The first-order chi connectivity index (χ1) is 13.5. The zero-order valence-corrected chi connectivity index (χ0v) is 17.4. The number of rotatable bonds is 5. The number of benzene rings is 1.